The van der Waals surface area contributed by atoms with Gasteiger partial charge in [0, 0.05) is 5.56 Å². The lowest BCUT2D eigenvalue weighted by molar-refractivity contribution is -0.136. The van der Waals surface area contributed by atoms with Crippen molar-refractivity contribution in [3.05, 3.63) is 34.9 Å². The van der Waals surface area contributed by atoms with Crippen LogP contribution in [-0.2, 0) is 11.2 Å². The summed E-state index contributed by atoms with van der Waals surface area (Å²) in [5.41, 5.74) is -0.577. The summed E-state index contributed by atoms with van der Waals surface area (Å²) in [5.74, 6) is -3.74. The molecule has 14 heavy (non-hydrogen) atoms. The molecule has 0 spiro atoms. The molecule has 0 fully saturated rings. The van der Waals surface area contributed by atoms with Gasteiger partial charge in [0.2, 0.25) is 0 Å². The van der Waals surface area contributed by atoms with Crippen LogP contribution in [0.1, 0.15) is 11.1 Å². The molecule has 0 aliphatic carbocycles. The molecule has 1 rings (SSSR count). The highest BCUT2D eigenvalue weighted by molar-refractivity contribution is 5.71. The zero-order valence-corrected chi connectivity index (χ0v) is 6.92. The number of hydrogen-bond acceptors (Lipinski definition) is 2. The van der Waals surface area contributed by atoms with Crippen molar-refractivity contribution < 1.29 is 18.7 Å². The first-order valence-corrected chi connectivity index (χ1v) is 3.65. The minimum absolute atomic E-state index is 0.161. The third-order valence-corrected chi connectivity index (χ3v) is 1.64. The molecule has 0 saturated carbocycles. The first-order chi connectivity index (χ1) is 6.56. The number of hydrogen-bond donors (Lipinski definition) is 1. The quantitative estimate of drug-likeness (QED) is 0.780. The molecule has 1 N–H and O–H groups in total. The maximum Gasteiger partial charge on any atom is 0.307 e. The van der Waals surface area contributed by atoms with Crippen molar-refractivity contribution in [2.45, 2.75) is 6.42 Å². The van der Waals surface area contributed by atoms with E-state index >= 15 is 0 Å². The molecule has 0 aliphatic heterocycles. The Hall–Kier alpha value is -1.96. The summed E-state index contributed by atoms with van der Waals surface area (Å²) in [6.45, 7) is 0. The highest BCUT2D eigenvalue weighted by Crippen LogP contribution is 2.16. The average molecular weight is 197 g/mol. The molecule has 72 valence electrons. The van der Waals surface area contributed by atoms with Crippen LogP contribution in [-0.4, -0.2) is 11.1 Å². The van der Waals surface area contributed by atoms with Crippen LogP contribution in [0.15, 0.2) is 12.1 Å². The van der Waals surface area contributed by atoms with E-state index in [0.29, 0.717) is 0 Å². The molecule has 0 unspecified atom stereocenters. The average Bonchev–Trinajstić information content (AvgIpc) is 2.13. The Labute approximate surface area is 78.2 Å². The predicted octanol–water partition coefficient (Wildman–Crippen LogP) is 1.46. The van der Waals surface area contributed by atoms with Gasteiger partial charge in [-0.3, -0.25) is 4.79 Å². The van der Waals surface area contributed by atoms with Crippen molar-refractivity contribution in [1.29, 1.82) is 5.26 Å². The number of carbonyl (C=O) groups is 1. The molecule has 0 aliphatic rings. The third-order valence-electron chi connectivity index (χ3n) is 1.64. The Balaban J connectivity index is 3.29. The van der Waals surface area contributed by atoms with E-state index in [0.717, 1.165) is 12.1 Å². The van der Waals surface area contributed by atoms with Crippen molar-refractivity contribution in [1.82, 2.24) is 0 Å². The Bertz CT molecular complexity index is 424. The van der Waals surface area contributed by atoms with Crippen LogP contribution >= 0.6 is 0 Å². The Morgan fingerprint density at radius 2 is 2.14 bits per heavy atom. The number of nitrogens with zero attached hydrogens (tertiary/aromatic N) is 1. The van der Waals surface area contributed by atoms with Crippen molar-refractivity contribution in [3.63, 3.8) is 0 Å². The summed E-state index contributed by atoms with van der Waals surface area (Å²) in [6.07, 6.45) is -0.702. The second-order valence-corrected chi connectivity index (χ2v) is 2.57. The lowest BCUT2D eigenvalue weighted by Crippen LogP contribution is -2.06. The molecule has 1 aromatic rings. The van der Waals surface area contributed by atoms with Crippen LogP contribution in [0.25, 0.3) is 0 Å². The Kier molecular flexibility index (Phi) is 2.77. The fourth-order valence-electron chi connectivity index (χ4n) is 1.02. The monoisotopic (exact) mass is 197 g/mol. The number of rotatable bonds is 2. The van der Waals surface area contributed by atoms with Crippen molar-refractivity contribution in [2.75, 3.05) is 0 Å². The Morgan fingerprint density at radius 3 is 2.64 bits per heavy atom. The molecule has 0 saturated heterocycles. The van der Waals surface area contributed by atoms with Gasteiger partial charge in [-0.1, -0.05) is 0 Å². The van der Waals surface area contributed by atoms with Gasteiger partial charge in [0.15, 0.2) is 11.6 Å². The first-order valence-electron chi connectivity index (χ1n) is 3.65. The first kappa shape index (κ1) is 10.1. The second kappa shape index (κ2) is 3.83. The third kappa shape index (κ3) is 1.85. The molecule has 3 nitrogen and oxygen atoms in total. The van der Waals surface area contributed by atoms with E-state index in [4.69, 9.17) is 10.4 Å². The van der Waals surface area contributed by atoms with Crippen molar-refractivity contribution >= 4 is 5.97 Å². The molecule has 0 aromatic heterocycles. The smallest absolute Gasteiger partial charge is 0.307 e. The summed E-state index contributed by atoms with van der Waals surface area (Å²) < 4.78 is 25.7. The van der Waals surface area contributed by atoms with Gasteiger partial charge in [-0.25, -0.2) is 8.78 Å². The molecular formula is C9H5F2NO2. The molecule has 0 atom stereocenters. The molecule has 1 aromatic carbocycles. The number of halogens is 2. The van der Waals surface area contributed by atoms with E-state index in [9.17, 15) is 13.6 Å². The number of benzene rings is 1. The molecule has 0 bridgehead atoms. The molecule has 5 heteroatoms. The topological polar surface area (TPSA) is 61.1 Å². The van der Waals surface area contributed by atoms with E-state index in [-0.39, 0.29) is 5.56 Å². The number of carboxylic acid groups (broad SMARTS) is 1. The summed E-state index contributed by atoms with van der Waals surface area (Å²) in [4.78, 5) is 10.3. The van der Waals surface area contributed by atoms with Crippen LogP contribution in [0.5, 0.6) is 0 Å². The molecule has 0 amide bonds. The zero-order chi connectivity index (χ0) is 10.7. The van der Waals surface area contributed by atoms with Gasteiger partial charge in [0.1, 0.15) is 0 Å². The van der Waals surface area contributed by atoms with Crippen LogP contribution in [0.3, 0.4) is 0 Å². The van der Waals surface area contributed by atoms with Gasteiger partial charge in [-0.05, 0) is 12.1 Å². The predicted molar refractivity (Wildman–Crippen MR) is 42.4 cm³/mol. The summed E-state index contributed by atoms with van der Waals surface area (Å²) >= 11 is 0. The maximum absolute atomic E-state index is 13.0. The SMILES string of the molecule is N#Cc1ccc(F)c(F)c1CC(=O)O. The minimum Gasteiger partial charge on any atom is -0.481 e. The lowest BCUT2D eigenvalue weighted by atomic mass is 10.0. The minimum atomic E-state index is -1.31. The van der Waals surface area contributed by atoms with E-state index < -0.39 is 29.6 Å². The number of carboxylic acids is 1. The van der Waals surface area contributed by atoms with Gasteiger partial charge < -0.3 is 5.11 Å². The molecule has 0 radical (unpaired) electrons. The van der Waals surface area contributed by atoms with Crippen LogP contribution in [0.4, 0.5) is 8.78 Å². The van der Waals surface area contributed by atoms with Gasteiger partial charge in [0.05, 0.1) is 18.1 Å². The highest BCUT2D eigenvalue weighted by Gasteiger charge is 2.15. The van der Waals surface area contributed by atoms with Gasteiger partial charge >= 0.3 is 5.97 Å². The summed E-state index contributed by atoms with van der Waals surface area (Å²) in [6, 6.07) is 3.44. The standard InChI is InChI=1S/C9H5F2NO2/c10-7-2-1-5(4-12)6(9(7)11)3-8(13)14/h1-2H,3H2,(H,13,14). The summed E-state index contributed by atoms with van der Waals surface area (Å²) in [7, 11) is 0. The van der Waals surface area contributed by atoms with Crippen LogP contribution < -0.4 is 0 Å². The van der Waals surface area contributed by atoms with Gasteiger partial charge in [-0.15, -0.1) is 0 Å². The normalized spacial score (nSPS) is 9.50. The highest BCUT2D eigenvalue weighted by atomic mass is 19.2. The van der Waals surface area contributed by atoms with E-state index in [1.807, 2.05) is 0 Å². The largest absolute Gasteiger partial charge is 0.481 e. The Morgan fingerprint density at radius 1 is 1.50 bits per heavy atom. The van der Waals surface area contributed by atoms with Crippen molar-refractivity contribution in [3.8, 4) is 6.07 Å². The van der Waals surface area contributed by atoms with Gasteiger partial charge in [-0.2, -0.15) is 5.26 Å². The zero-order valence-electron chi connectivity index (χ0n) is 6.92. The van der Waals surface area contributed by atoms with Crippen LogP contribution in [0, 0.1) is 23.0 Å². The van der Waals surface area contributed by atoms with E-state index in [1.54, 1.807) is 6.07 Å². The van der Waals surface area contributed by atoms with Crippen LogP contribution in [0.2, 0.25) is 0 Å². The number of nitriles is 1. The molecular weight excluding hydrogens is 192 g/mol. The maximum atomic E-state index is 13.0. The van der Waals surface area contributed by atoms with Crippen molar-refractivity contribution in [2.24, 2.45) is 0 Å². The van der Waals surface area contributed by atoms with E-state index in [2.05, 4.69) is 0 Å². The fourth-order valence-corrected chi connectivity index (χ4v) is 1.02. The second-order valence-electron chi connectivity index (χ2n) is 2.57. The number of aliphatic carboxylic acids is 1. The van der Waals surface area contributed by atoms with Gasteiger partial charge in [0.25, 0.3) is 0 Å². The molecule has 0 heterocycles. The summed E-state index contributed by atoms with van der Waals surface area (Å²) in [5, 5.41) is 16.9. The van der Waals surface area contributed by atoms with E-state index in [1.165, 1.54) is 0 Å². The lowest BCUT2D eigenvalue weighted by Gasteiger charge is -2.02. The fraction of sp³-hybridized carbons (Fsp3) is 0.111.